The summed E-state index contributed by atoms with van der Waals surface area (Å²) in [5, 5.41) is 3.97. The average molecular weight is 251 g/mol. The lowest BCUT2D eigenvalue weighted by Crippen LogP contribution is -2.41. The van der Waals surface area contributed by atoms with Crippen molar-refractivity contribution in [2.24, 2.45) is 11.8 Å². The third-order valence-electron chi connectivity index (χ3n) is 5.52. The molecule has 2 aliphatic carbocycles. The highest BCUT2D eigenvalue weighted by atomic mass is 14.9. The fraction of sp³-hybridized carbons (Fsp3) is 1.00. The zero-order chi connectivity index (χ0) is 12.8. The Morgan fingerprint density at radius 2 is 1.67 bits per heavy atom. The van der Waals surface area contributed by atoms with E-state index in [0.29, 0.717) is 0 Å². The first-order valence-electron chi connectivity index (χ1n) is 8.55. The highest BCUT2D eigenvalue weighted by Gasteiger charge is 2.24. The third-order valence-corrected chi connectivity index (χ3v) is 5.52. The van der Waals surface area contributed by atoms with Crippen LogP contribution in [0, 0.1) is 11.8 Å². The van der Waals surface area contributed by atoms with E-state index in [4.69, 9.17) is 0 Å². The van der Waals surface area contributed by atoms with E-state index in [1.54, 1.807) is 0 Å². The Labute approximate surface area is 114 Å². The van der Waals surface area contributed by atoms with Gasteiger partial charge in [-0.2, -0.15) is 0 Å². The van der Waals surface area contributed by atoms with E-state index in [1.807, 2.05) is 0 Å². The van der Waals surface area contributed by atoms with Crippen molar-refractivity contribution in [3.8, 4) is 0 Å². The van der Waals surface area contributed by atoms with Gasteiger partial charge in [0, 0.05) is 12.1 Å². The van der Waals surface area contributed by atoms with Gasteiger partial charge in [0.25, 0.3) is 0 Å². The maximum absolute atomic E-state index is 3.97. The van der Waals surface area contributed by atoms with Crippen LogP contribution >= 0.6 is 0 Å². The Balaban J connectivity index is 1.74. The standard InChI is InChI=1S/C17H33N/c1-3-15-8-7-11-17(13-12-15)18-14(2)16-9-5-4-6-10-16/h14-18H,3-13H2,1-2H3/t14-,15?,17?/m0/s1. The van der Waals surface area contributed by atoms with Crippen LogP contribution in [-0.2, 0) is 0 Å². The van der Waals surface area contributed by atoms with Gasteiger partial charge < -0.3 is 5.32 Å². The predicted octanol–water partition coefficient (Wildman–Crippen LogP) is 4.90. The van der Waals surface area contributed by atoms with Gasteiger partial charge in [-0.1, -0.05) is 45.4 Å². The quantitative estimate of drug-likeness (QED) is 0.700. The molecule has 3 atom stereocenters. The summed E-state index contributed by atoms with van der Waals surface area (Å²) in [5.41, 5.74) is 0. The largest absolute Gasteiger partial charge is 0.311 e. The van der Waals surface area contributed by atoms with Gasteiger partial charge in [-0.25, -0.2) is 0 Å². The van der Waals surface area contributed by atoms with E-state index in [0.717, 1.165) is 23.9 Å². The van der Waals surface area contributed by atoms with Crippen LogP contribution in [0.25, 0.3) is 0 Å². The van der Waals surface area contributed by atoms with Gasteiger partial charge in [-0.3, -0.25) is 0 Å². The van der Waals surface area contributed by atoms with E-state index >= 15 is 0 Å². The first kappa shape index (κ1) is 14.4. The number of hydrogen-bond donors (Lipinski definition) is 1. The second-order valence-corrected chi connectivity index (χ2v) is 6.83. The van der Waals surface area contributed by atoms with Gasteiger partial charge in [-0.15, -0.1) is 0 Å². The summed E-state index contributed by atoms with van der Waals surface area (Å²) in [4.78, 5) is 0. The van der Waals surface area contributed by atoms with Crippen LogP contribution in [0.3, 0.4) is 0 Å². The van der Waals surface area contributed by atoms with Gasteiger partial charge in [-0.05, 0) is 50.9 Å². The van der Waals surface area contributed by atoms with Crippen LogP contribution in [0.2, 0.25) is 0 Å². The molecule has 1 N–H and O–H groups in total. The lowest BCUT2D eigenvalue weighted by molar-refractivity contribution is 0.256. The van der Waals surface area contributed by atoms with Gasteiger partial charge in [0.15, 0.2) is 0 Å². The summed E-state index contributed by atoms with van der Waals surface area (Å²) in [7, 11) is 0. The molecule has 0 amide bonds. The summed E-state index contributed by atoms with van der Waals surface area (Å²) < 4.78 is 0. The molecule has 0 radical (unpaired) electrons. The molecule has 2 saturated carbocycles. The fourth-order valence-corrected chi connectivity index (χ4v) is 4.10. The maximum atomic E-state index is 3.97. The number of hydrogen-bond acceptors (Lipinski definition) is 1. The topological polar surface area (TPSA) is 12.0 Å². The molecule has 0 heterocycles. The van der Waals surface area contributed by atoms with Crippen molar-refractivity contribution in [3.63, 3.8) is 0 Å². The molecular formula is C17H33N. The first-order valence-corrected chi connectivity index (χ1v) is 8.55. The maximum Gasteiger partial charge on any atom is 0.00697 e. The van der Waals surface area contributed by atoms with Crippen molar-refractivity contribution in [2.45, 2.75) is 96.6 Å². The Bertz CT molecular complexity index is 220. The van der Waals surface area contributed by atoms with Crippen molar-refractivity contribution in [1.29, 1.82) is 0 Å². The Morgan fingerprint density at radius 1 is 0.889 bits per heavy atom. The Kier molecular flexibility index (Phi) is 6.01. The molecule has 2 rings (SSSR count). The molecule has 0 aromatic heterocycles. The molecule has 106 valence electrons. The SMILES string of the molecule is CCC1CCCC(N[C@@H](C)C2CCCCC2)CC1. The molecule has 0 spiro atoms. The molecule has 0 aromatic rings. The van der Waals surface area contributed by atoms with Crippen molar-refractivity contribution in [1.82, 2.24) is 5.32 Å². The van der Waals surface area contributed by atoms with Crippen LogP contribution in [0.15, 0.2) is 0 Å². The highest BCUT2D eigenvalue weighted by molar-refractivity contribution is 4.81. The summed E-state index contributed by atoms with van der Waals surface area (Å²) in [6.45, 7) is 4.81. The highest BCUT2D eigenvalue weighted by Crippen LogP contribution is 2.29. The second kappa shape index (κ2) is 7.53. The molecule has 1 heteroatoms. The molecular weight excluding hydrogens is 218 g/mol. The van der Waals surface area contributed by atoms with Crippen LogP contribution in [0.4, 0.5) is 0 Å². The monoisotopic (exact) mass is 251 g/mol. The van der Waals surface area contributed by atoms with E-state index in [9.17, 15) is 0 Å². The van der Waals surface area contributed by atoms with Gasteiger partial charge >= 0.3 is 0 Å². The van der Waals surface area contributed by atoms with Crippen LogP contribution < -0.4 is 5.32 Å². The number of rotatable bonds is 4. The summed E-state index contributed by atoms with van der Waals surface area (Å²) >= 11 is 0. The minimum absolute atomic E-state index is 0.758. The number of nitrogens with one attached hydrogen (secondary N) is 1. The van der Waals surface area contributed by atoms with Gasteiger partial charge in [0.2, 0.25) is 0 Å². The normalized spacial score (nSPS) is 33.0. The van der Waals surface area contributed by atoms with E-state index in [1.165, 1.54) is 70.6 Å². The second-order valence-electron chi connectivity index (χ2n) is 6.83. The molecule has 2 aliphatic rings. The minimum atomic E-state index is 0.758. The van der Waals surface area contributed by atoms with Crippen molar-refractivity contribution >= 4 is 0 Å². The van der Waals surface area contributed by atoms with E-state index < -0.39 is 0 Å². The van der Waals surface area contributed by atoms with Crippen LogP contribution in [0.5, 0.6) is 0 Å². The lowest BCUT2D eigenvalue weighted by Gasteiger charge is -2.31. The van der Waals surface area contributed by atoms with E-state index in [2.05, 4.69) is 19.2 Å². The molecule has 0 aliphatic heterocycles. The summed E-state index contributed by atoms with van der Waals surface area (Å²) in [6, 6.07) is 1.58. The molecule has 2 unspecified atom stereocenters. The Morgan fingerprint density at radius 3 is 2.39 bits per heavy atom. The molecule has 0 bridgehead atoms. The van der Waals surface area contributed by atoms with Crippen molar-refractivity contribution < 1.29 is 0 Å². The molecule has 18 heavy (non-hydrogen) atoms. The summed E-state index contributed by atoms with van der Waals surface area (Å²) in [6.07, 6.45) is 16.0. The minimum Gasteiger partial charge on any atom is -0.311 e. The third kappa shape index (κ3) is 4.26. The van der Waals surface area contributed by atoms with Gasteiger partial charge in [0.1, 0.15) is 0 Å². The van der Waals surface area contributed by atoms with Gasteiger partial charge in [0.05, 0.1) is 0 Å². The summed E-state index contributed by atoms with van der Waals surface area (Å²) in [5.74, 6) is 1.98. The predicted molar refractivity (Wildman–Crippen MR) is 79.8 cm³/mol. The van der Waals surface area contributed by atoms with Crippen LogP contribution in [0.1, 0.15) is 84.5 Å². The molecule has 0 aromatic carbocycles. The van der Waals surface area contributed by atoms with Crippen LogP contribution in [-0.4, -0.2) is 12.1 Å². The smallest absolute Gasteiger partial charge is 0.00697 e. The molecule has 2 fully saturated rings. The van der Waals surface area contributed by atoms with Crippen molar-refractivity contribution in [3.05, 3.63) is 0 Å². The average Bonchev–Trinajstić information content (AvgIpc) is 2.65. The van der Waals surface area contributed by atoms with Crippen molar-refractivity contribution in [2.75, 3.05) is 0 Å². The van der Waals surface area contributed by atoms with E-state index in [-0.39, 0.29) is 0 Å². The lowest BCUT2D eigenvalue weighted by atomic mass is 9.84. The first-order chi connectivity index (χ1) is 8.79. The zero-order valence-electron chi connectivity index (χ0n) is 12.6. The molecule has 1 nitrogen and oxygen atoms in total. The Hall–Kier alpha value is -0.0400. The fourth-order valence-electron chi connectivity index (χ4n) is 4.10. The molecule has 0 saturated heterocycles. The zero-order valence-corrected chi connectivity index (χ0v) is 12.6.